The van der Waals surface area contributed by atoms with Crippen molar-refractivity contribution in [3.63, 3.8) is 0 Å². The molecule has 7 nitrogen and oxygen atoms in total. The third kappa shape index (κ3) is 4.83. The number of hydrogen-bond acceptors (Lipinski definition) is 5. The number of nitrogens with zero attached hydrogens (tertiary/aromatic N) is 3. The molecule has 3 aromatic rings. The molecule has 0 saturated heterocycles. The van der Waals surface area contributed by atoms with Crippen molar-refractivity contribution in [1.29, 1.82) is 0 Å². The Hall–Kier alpha value is -3.13. The Morgan fingerprint density at radius 1 is 1.17 bits per heavy atom. The van der Waals surface area contributed by atoms with Crippen molar-refractivity contribution in [2.24, 2.45) is 0 Å². The van der Waals surface area contributed by atoms with Gasteiger partial charge in [-0.25, -0.2) is 4.68 Å². The molecule has 0 aliphatic rings. The average molecular weight is 410 g/mol. The first-order valence-corrected chi connectivity index (χ1v) is 10.3. The number of carbonyl (C=O) groups excluding carboxylic acids is 1. The van der Waals surface area contributed by atoms with Crippen LogP contribution in [-0.2, 0) is 6.42 Å². The molecule has 0 atom stereocenters. The molecule has 0 bridgehead atoms. The number of aromatic nitrogens is 2. The number of rotatable bonds is 7. The van der Waals surface area contributed by atoms with Crippen LogP contribution in [-0.4, -0.2) is 33.4 Å². The summed E-state index contributed by atoms with van der Waals surface area (Å²) >= 11 is 1.43. The van der Waals surface area contributed by atoms with E-state index in [1.165, 1.54) is 17.8 Å². The van der Waals surface area contributed by atoms with Gasteiger partial charge in [0.15, 0.2) is 0 Å². The summed E-state index contributed by atoms with van der Waals surface area (Å²) in [5.74, 6) is -0.438. The zero-order chi connectivity index (χ0) is 21.0. The summed E-state index contributed by atoms with van der Waals surface area (Å²) in [6.45, 7) is 4.35. The highest BCUT2D eigenvalue weighted by molar-refractivity contribution is 7.98. The average Bonchev–Trinajstić information content (AvgIpc) is 3.05. The van der Waals surface area contributed by atoms with Gasteiger partial charge in [0.1, 0.15) is 5.56 Å². The van der Waals surface area contributed by atoms with Crippen LogP contribution >= 0.6 is 11.8 Å². The van der Waals surface area contributed by atoms with E-state index in [9.17, 15) is 14.9 Å². The van der Waals surface area contributed by atoms with Crippen molar-refractivity contribution in [1.82, 2.24) is 15.1 Å². The fraction of sp³-hybridized carbons (Fsp3) is 0.238. The lowest BCUT2D eigenvalue weighted by Gasteiger charge is -2.09. The molecule has 1 N–H and O–H groups in total. The molecule has 1 amide bonds. The molecule has 0 radical (unpaired) electrons. The van der Waals surface area contributed by atoms with Gasteiger partial charge in [-0.3, -0.25) is 14.9 Å². The van der Waals surface area contributed by atoms with Crippen molar-refractivity contribution >= 4 is 23.4 Å². The van der Waals surface area contributed by atoms with Crippen LogP contribution in [0.4, 0.5) is 5.69 Å². The number of nitro groups is 1. The first-order valence-electron chi connectivity index (χ1n) is 9.12. The molecule has 8 heteroatoms. The minimum atomic E-state index is -0.531. The van der Waals surface area contributed by atoms with Crippen molar-refractivity contribution in [3.8, 4) is 5.69 Å². The normalized spacial score (nSPS) is 10.7. The van der Waals surface area contributed by atoms with E-state index in [0.717, 1.165) is 27.5 Å². The minimum absolute atomic E-state index is 0.0849. The molecule has 29 heavy (non-hydrogen) atoms. The smallest absolute Gasteiger partial charge is 0.282 e. The maximum Gasteiger partial charge on any atom is 0.282 e. The van der Waals surface area contributed by atoms with Gasteiger partial charge in [0.05, 0.1) is 16.3 Å². The number of carbonyl (C=O) groups is 1. The van der Waals surface area contributed by atoms with Crippen molar-refractivity contribution in [2.75, 3.05) is 12.8 Å². The molecule has 150 valence electrons. The van der Waals surface area contributed by atoms with E-state index in [4.69, 9.17) is 0 Å². The molecule has 1 heterocycles. The maximum atomic E-state index is 12.5. The van der Waals surface area contributed by atoms with Crippen LogP contribution in [0, 0.1) is 24.0 Å². The molecule has 0 saturated carbocycles. The van der Waals surface area contributed by atoms with Gasteiger partial charge in [-0.1, -0.05) is 12.1 Å². The van der Waals surface area contributed by atoms with E-state index < -0.39 is 10.8 Å². The summed E-state index contributed by atoms with van der Waals surface area (Å²) in [6.07, 6.45) is 2.48. The zero-order valence-corrected chi connectivity index (χ0v) is 17.3. The molecule has 2 aromatic carbocycles. The molecule has 3 rings (SSSR count). The van der Waals surface area contributed by atoms with E-state index >= 15 is 0 Å². The summed E-state index contributed by atoms with van der Waals surface area (Å²) in [5.41, 5.74) is 3.97. The van der Waals surface area contributed by atoms with Gasteiger partial charge >= 0.3 is 0 Å². The number of thioether (sulfide) groups is 1. The van der Waals surface area contributed by atoms with E-state index in [1.807, 2.05) is 55.1 Å². The van der Waals surface area contributed by atoms with Crippen LogP contribution < -0.4 is 5.32 Å². The molecule has 0 spiro atoms. The molecular formula is C21H22N4O3S. The van der Waals surface area contributed by atoms with Gasteiger partial charge in [0.2, 0.25) is 0 Å². The van der Waals surface area contributed by atoms with Crippen LogP contribution in [0.2, 0.25) is 0 Å². The lowest BCUT2D eigenvalue weighted by Crippen LogP contribution is -2.26. The summed E-state index contributed by atoms with van der Waals surface area (Å²) in [6, 6.07) is 14.6. The van der Waals surface area contributed by atoms with Crippen LogP contribution in [0.1, 0.15) is 27.3 Å². The SMILES string of the molecule is CSc1ccc([N+](=O)[O-])c(C(=O)NCCc2ccc(-n3nc(C)cc3C)cc2)c1. The molecule has 0 aliphatic heterocycles. The number of hydrogen-bond donors (Lipinski definition) is 1. The fourth-order valence-electron chi connectivity index (χ4n) is 3.09. The second-order valence-corrected chi connectivity index (χ2v) is 7.53. The highest BCUT2D eigenvalue weighted by atomic mass is 32.2. The Morgan fingerprint density at radius 3 is 2.48 bits per heavy atom. The second kappa shape index (κ2) is 8.91. The minimum Gasteiger partial charge on any atom is -0.351 e. The van der Waals surface area contributed by atoms with Gasteiger partial charge < -0.3 is 5.32 Å². The lowest BCUT2D eigenvalue weighted by atomic mass is 10.1. The maximum absolute atomic E-state index is 12.5. The molecule has 0 fully saturated rings. The molecule has 0 unspecified atom stereocenters. The predicted molar refractivity (Wildman–Crippen MR) is 114 cm³/mol. The first-order chi connectivity index (χ1) is 13.9. The highest BCUT2D eigenvalue weighted by Crippen LogP contribution is 2.24. The Bertz CT molecular complexity index is 1040. The van der Waals surface area contributed by atoms with Gasteiger partial charge in [-0.2, -0.15) is 5.10 Å². The summed E-state index contributed by atoms with van der Waals surface area (Å²) < 4.78 is 1.89. The largest absolute Gasteiger partial charge is 0.351 e. The van der Waals surface area contributed by atoms with Crippen LogP contribution in [0.15, 0.2) is 53.4 Å². The van der Waals surface area contributed by atoms with Gasteiger partial charge in [-0.15, -0.1) is 11.8 Å². The Labute approximate surface area is 173 Å². The standard InChI is InChI=1S/C21H22N4O3S/c1-14-12-15(2)24(23-14)17-6-4-16(5-7-17)10-11-22-21(26)19-13-18(29-3)8-9-20(19)25(27)28/h4-9,12-13H,10-11H2,1-3H3,(H,22,26). The number of aryl methyl sites for hydroxylation is 2. The van der Waals surface area contributed by atoms with E-state index in [-0.39, 0.29) is 11.3 Å². The monoisotopic (exact) mass is 410 g/mol. The first kappa shape index (κ1) is 20.6. The van der Waals surface area contributed by atoms with Crippen LogP contribution in [0.25, 0.3) is 5.69 Å². The summed E-state index contributed by atoms with van der Waals surface area (Å²) in [7, 11) is 0. The third-order valence-corrected chi connectivity index (χ3v) is 5.26. The van der Waals surface area contributed by atoms with Crippen molar-refractivity contribution in [3.05, 3.63) is 81.2 Å². The van der Waals surface area contributed by atoms with Gasteiger partial charge in [0.25, 0.3) is 11.6 Å². The molecule has 0 aliphatic carbocycles. The zero-order valence-electron chi connectivity index (χ0n) is 16.5. The number of amides is 1. The van der Waals surface area contributed by atoms with Crippen molar-refractivity contribution in [2.45, 2.75) is 25.2 Å². The highest BCUT2D eigenvalue weighted by Gasteiger charge is 2.20. The lowest BCUT2D eigenvalue weighted by molar-refractivity contribution is -0.385. The summed E-state index contributed by atoms with van der Waals surface area (Å²) in [4.78, 5) is 24.0. The number of nitrogens with one attached hydrogen (secondary N) is 1. The Kier molecular flexibility index (Phi) is 6.33. The summed E-state index contributed by atoms with van der Waals surface area (Å²) in [5, 5.41) is 18.5. The quantitative estimate of drug-likeness (QED) is 0.360. The third-order valence-electron chi connectivity index (χ3n) is 4.53. The van der Waals surface area contributed by atoms with Gasteiger partial charge in [0, 0.05) is 23.2 Å². The van der Waals surface area contributed by atoms with E-state index in [0.29, 0.717) is 13.0 Å². The van der Waals surface area contributed by atoms with Crippen molar-refractivity contribution < 1.29 is 9.72 Å². The molecule has 1 aromatic heterocycles. The number of benzene rings is 2. The predicted octanol–water partition coefficient (Wildman–Crippen LogP) is 4.09. The molecular weight excluding hydrogens is 388 g/mol. The van der Waals surface area contributed by atoms with E-state index in [2.05, 4.69) is 10.4 Å². The Balaban J connectivity index is 1.63. The fourth-order valence-corrected chi connectivity index (χ4v) is 3.53. The topological polar surface area (TPSA) is 90.1 Å². The number of nitro benzene ring substituents is 1. The van der Waals surface area contributed by atoms with Crippen LogP contribution in [0.5, 0.6) is 0 Å². The second-order valence-electron chi connectivity index (χ2n) is 6.65. The van der Waals surface area contributed by atoms with Crippen LogP contribution in [0.3, 0.4) is 0 Å². The van der Waals surface area contributed by atoms with Gasteiger partial charge in [-0.05, 0) is 62.4 Å². The Morgan fingerprint density at radius 2 is 1.90 bits per heavy atom. The van der Waals surface area contributed by atoms with E-state index in [1.54, 1.807) is 12.1 Å².